The number of carbonyl (C=O) groups excluding carboxylic acids is 1. The molecule has 1 amide bonds. The summed E-state index contributed by atoms with van der Waals surface area (Å²) in [5.74, 6) is 0.288. The first-order valence-electron chi connectivity index (χ1n) is 14.7. The summed E-state index contributed by atoms with van der Waals surface area (Å²) >= 11 is 0. The number of alkyl halides is 3. The normalized spacial score (nSPS) is 23.6. The predicted molar refractivity (Wildman–Crippen MR) is 151 cm³/mol. The standard InChI is InChI=1S/C29H38F3N7O2/c1-37-21-5-6-22(37)18-39(17-21)20-7-8-25(23(15-20)19-3-4-19)35-28-34-16-24(29(30,31)32)27(36-28)33-10-2-11-38-12-14-41-13-9-26(38)40/h7-8,15-16,19,21-22H,2-6,9-14,17-18H2,1H3,(H2,33,34,35,36). The molecule has 2 atom stereocenters. The van der Waals surface area contributed by atoms with Crippen molar-refractivity contribution in [2.75, 3.05) is 68.5 Å². The van der Waals surface area contributed by atoms with Gasteiger partial charge in [-0.05, 0) is 68.8 Å². The van der Waals surface area contributed by atoms with Crippen molar-refractivity contribution in [1.82, 2.24) is 19.8 Å². The highest BCUT2D eigenvalue weighted by molar-refractivity contribution is 5.76. The number of benzene rings is 1. The van der Waals surface area contributed by atoms with Crippen LogP contribution in [0.4, 0.5) is 36.3 Å². The summed E-state index contributed by atoms with van der Waals surface area (Å²) in [5, 5.41) is 6.06. The molecule has 12 heteroatoms. The Hall–Kier alpha value is -3.12. The zero-order valence-corrected chi connectivity index (χ0v) is 23.4. The lowest BCUT2D eigenvalue weighted by Crippen LogP contribution is -2.52. The Bertz CT molecular complexity index is 1240. The highest BCUT2D eigenvalue weighted by Crippen LogP contribution is 2.46. The van der Waals surface area contributed by atoms with Gasteiger partial charge in [-0.25, -0.2) is 4.98 Å². The van der Waals surface area contributed by atoms with Crippen LogP contribution in [0.1, 0.15) is 55.6 Å². The third-order valence-corrected chi connectivity index (χ3v) is 8.82. The molecule has 2 bridgehead atoms. The van der Waals surface area contributed by atoms with Crippen molar-refractivity contribution < 1.29 is 22.7 Å². The van der Waals surface area contributed by atoms with Crippen molar-refractivity contribution >= 4 is 29.0 Å². The molecular formula is C29H38F3N7O2. The van der Waals surface area contributed by atoms with Crippen LogP contribution in [0.5, 0.6) is 0 Å². The molecule has 41 heavy (non-hydrogen) atoms. The van der Waals surface area contributed by atoms with E-state index >= 15 is 0 Å². The van der Waals surface area contributed by atoms with Crippen molar-refractivity contribution in [3.8, 4) is 0 Å². The van der Waals surface area contributed by atoms with Gasteiger partial charge in [0.2, 0.25) is 11.9 Å². The summed E-state index contributed by atoms with van der Waals surface area (Å²) < 4.78 is 46.6. The van der Waals surface area contributed by atoms with E-state index in [1.54, 1.807) is 4.90 Å². The van der Waals surface area contributed by atoms with Crippen molar-refractivity contribution in [3.63, 3.8) is 0 Å². The van der Waals surface area contributed by atoms with E-state index in [0.29, 0.717) is 57.1 Å². The molecule has 1 aromatic heterocycles. The van der Waals surface area contributed by atoms with Crippen molar-refractivity contribution in [2.24, 2.45) is 0 Å². The lowest BCUT2D eigenvalue weighted by Gasteiger charge is -2.40. The first-order chi connectivity index (χ1) is 19.8. The van der Waals surface area contributed by atoms with E-state index in [2.05, 4.69) is 49.6 Å². The second-order valence-electron chi connectivity index (χ2n) is 11.6. The SMILES string of the molecule is CN1C2CCC1CN(c1ccc(Nc3ncc(C(F)(F)F)c(NCCCN4CCOCCC4=O)n3)c(C3CC3)c1)C2. The first-order valence-corrected chi connectivity index (χ1v) is 14.7. The smallest absolute Gasteiger partial charge is 0.379 e. The summed E-state index contributed by atoms with van der Waals surface area (Å²) in [5.41, 5.74) is 2.29. The van der Waals surface area contributed by atoms with E-state index < -0.39 is 11.7 Å². The van der Waals surface area contributed by atoms with Crippen molar-refractivity contribution in [1.29, 1.82) is 0 Å². The first kappa shape index (κ1) is 28.0. The maximum absolute atomic E-state index is 13.8. The minimum absolute atomic E-state index is 0.00414. The largest absolute Gasteiger partial charge is 0.421 e. The van der Waals surface area contributed by atoms with Crippen LogP contribution in [-0.4, -0.2) is 90.7 Å². The van der Waals surface area contributed by atoms with Crippen LogP contribution >= 0.6 is 0 Å². The molecule has 4 fully saturated rings. The second kappa shape index (κ2) is 11.6. The topological polar surface area (TPSA) is 85.9 Å². The highest BCUT2D eigenvalue weighted by Gasteiger charge is 2.38. The molecule has 1 saturated carbocycles. The summed E-state index contributed by atoms with van der Waals surface area (Å²) in [6, 6.07) is 7.52. The number of anilines is 4. The van der Waals surface area contributed by atoms with Crippen LogP contribution in [0.25, 0.3) is 0 Å². The van der Waals surface area contributed by atoms with Gasteiger partial charge in [0.05, 0.1) is 19.6 Å². The molecular weight excluding hydrogens is 535 g/mol. The number of likely N-dealkylation sites (N-methyl/N-ethyl adjacent to an activating group) is 1. The molecule has 3 saturated heterocycles. The molecule has 9 nitrogen and oxygen atoms in total. The Morgan fingerprint density at radius 2 is 1.88 bits per heavy atom. The number of aromatic nitrogens is 2. The number of fused-ring (bicyclic) bond motifs is 2. The van der Waals surface area contributed by atoms with Crippen LogP contribution in [0, 0.1) is 0 Å². The van der Waals surface area contributed by atoms with Gasteiger partial charge >= 0.3 is 6.18 Å². The van der Waals surface area contributed by atoms with Gasteiger partial charge in [-0.2, -0.15) is 18.2 Å². The molecule has 0 spiro atoms. The average molecular weight is 574 g/mol. The van der Waals surface area contributed by atoms with Gasteiger partial charge in [0.25, 0.3) is 0 Å². The quantitative estimate of drug-likeness (QED) is 0.426. The molecule has 4 aliphatic rings. The number of piperazine rings is 1. The third-order valence-electron chi connectivity index (χ3n) is 8.82. The van der Waals surface area contributed by atoms with Gasteiger partial charge in [-0.3, -0.25) is 9.69 Å². The molecule has 222 valence electrons. The van der Waals surface area contributed by atoms with Gasteiger partial charge in [0.1, 0.15) is 11.4 Å². The number of nitrogens with zero attached hydrogens (tertiary/aromatic N) is 5. The van der Waals surface area contributed by atoms with E-state index in [-0.39, 0.29) is 24.2 Å². The molecule has 4 heterocycles. The number of halogens is 3. The average Bonchev–Trinajstić information content (AvgIpc) is 3.78. The zero-order valence-electron chi connectivity index (χ0n) is 23.4. The van der Waals surface area contributed by atoms with Crippen LogP contribution in [0.15, 0.2) is 24.4 Å². The number of amides is 1. The fourth-order valence-corrected chi connectivity index (χ4v) is 6.25. The molecule has 2 unspecified atom stereocenters. The molecule has 6 rings (SSSR count). The number of ether oxygens (including phenoxy) is 1. The van der Waals surface area contributed by atoms with Gasteiger partial charge in [0, 0.05) is 62.4 Å². The molecule has 1 aliphatic carbocycles. The maximum Gasteiger partial charge on any atom is 0.421 e. The monoisotopic (exact) mass is 573 g/mol. The molecule has 3 aliphatic heterocycles. The predicted octanol–water partition coefficient (Wildman–Crippen LogP) is 4.45. The number of rotatable bonds is 9. The fraction of sp³-hybridized carbons (Fsp3) is 0.621. The Morgan fingerprint density at radius 3 is 2.61 bits per heavy atom. The van der Waals surface area contributed by atoms with Gasteiger partial charge in [0.15, 0.2) is 0 Å². The van der Waals surface area contributed by atoms with E-state index in [0.717, 1.165) is 43.4 Å². The van der Waals surface area contributed by atoms with E-state index in [9.17, 15) is 18.0 Å². The number of nitrogens with one attached hydrogen (secondary N) is 2. The molecule has 1 aromatic carbocycles. The summed E-state index contributed by atoms with van der Waals surface area (Å²) in [7, 11) is 2.22. The Labute approximate surface area is 238 Å². The Kier molecular flexibility index (Phi) is 7.95. The second-order valence-corrected chi connectivity index (χ2v) is 11.6. The van der Waals surface area contributed by atoms with Crippen molar-refractivity contribution in [3.05, 3.63) is 35.5 Å². The molecule has 2 N–H and O–H groups in total. The Morgan fingerprint density at radius 1 is 1.10 bits per heavy atom. The maximum atomic E-state index is 13.8. The van der Waals surface area contributed by atoms with Gasteiger partial charge in [-0.1, -0.05) is 0 Å². The van der Waals surface area contributed by atoms with Crippen LogP contribution in [0.3, 0.4) is 0 Å². The number of carbonyl (C=O) groups is 1. The van der Waals surface area contributed by atoms with Crippen LogP contribution < -0.4 is 15.5 Å². The van der Waals surface area contributed by atoms with Gasteiger partial charge in [-0.15, -0.1) is 0 Å². The lowest BCUT2D eigenvalue weighted by atomic mass is 10.1. The van der Waals surface area contributed by atoms with E-state index in [4.69, 9.17) is 4.74 Å². The zero-order chi connectivity index (χ0) is 28.6. The minimum atomic E-state index is -4.60. The Balaban J connectivity index is 1.15. The fourth-order valence-electron chi connectivity index (χ4n) is 6.25. The molecule has 2 aromatic rings. The third kappa shape index (κ3) is 6.38. The van der Waals surface area contributed by atoms with E-state index in [1.807, 2.05) is 6.07 Å². The van der Waals surface area contributed by atoms with Gasteiger partial charge < -0.3 is 25.2 Å². The number of hydrogen-bond acceptors (Lipinski definition) is 8. The summed E-state index contributed by atoms with van der Waals surface area (Å²) in [6.07, 6.45) is 1.71. The van der Waals surface area contributed by atoms with Crippen LogP contribution in [0.2, 0.25) is 0 Å². The lowest BCUT2D eigenvalue weighted by molar-refractivity contribution is -0.137. The minimum Gasteiger partial charge on any atom is -0.379 e. The summed E-state index contributed by atoms with van der Waals surface area (Å²) in [4.78, 5) is 27.1. The van der Waals surface area contributed by atoms with Crippen LogP contribution in [-0.2, 0) is 15.7 Å². The number of hydrogen-bond donors (Lipinski definition) is 2. The summed E-state index contributed by atoms with van der Waals surface area (Å²) in [6.45, 7) is 4.07. The van der Waals surface area contributed by atoms with E-state index in [1.165, 1.54) is 18.5 Å². The van der Waals surface area contributed by atoms with Crippen molar-refractivity contribution in [2.45, 2.75) is 62.7 Å². The highest BCUT2D eigenvalue weighted by atomic mass is 19.4. The molecule has 0 radical (unpaired) electrons.